The highest BCUT2D eigenvalue weighted by atomic mass is 35.5. The Balaban J connectivity index is 1.38. The van der Waals surface area contributed by atoms with Gasteiger partial charge in [-0.2, -0.15) is 4.31 Å². The first-order valence-corrected chi connectivity index (χ1v) is 12.1. The van der Waals surface area contributed by atoms with E-state index in [0.717, 1.165) is 5.56 Å². The van der Waals surface area contributed by atoms with Gasteiger partial charge < -0.3 is 9.64 Å². The van der Waals surface area contributed by atoms with Crippen LogP contribution < -0.4 is 4.74 Å². The number of piperazine rings is 1. The molecule has 3 aromatic rings. The van der Waals surface area contributed by atoms with Crippen molar-refractivity contribution in [1.29, 1.82) is 0 Å². The zero-order valence-electron chi connectivity index (χ0n) is 17.4. The molecule has 1 fully saturated rings. The van der Waals surface area contributed by atoms with Crippen LogP contribution in [0, 0.1) is 0 Å². The maximum atomic E-state index is 13.0. The molecule has 1 aliphatic heterocycles. The number of ether oxygens (including phenoxy) is 1. The van der Waals surface area contributed by atoms with E-state index in [1.54, 1.807) is 65.6 Å². The molecule has 0 aromatic heterocycles. The topological polar surface area (TPSA) is 66.9 Å². The molecule has 1 heterocycles. The monoisotopic (exact) mass is 470 g/mol. The second-order valence-corrected chi connectivity index (χ2v) is 9.76. The lowest BCUT2D eigenvalue weighted by molar-refractivity contribution is 0.0697. The highest BCUT2D eigenvalue weighted by molar-refractivity contribution is 7.89. The summed E-state index contributed by atoms with van der Waals surface area (Å²) >= 11 is 6.17. The Labute approximate surface area is 193 Å². The van der Waals surface area contributed by atoms with Crippen LogP contribution in [0.4, 0.5) is 0 Å². The van der Waals surface area contributed by atoms with Gasteiger partial charge in [0.25, 0.3) is 5.91 Å². The molecule has 0 radical (unpaired) electrons. The van der Waals surface area contributed by atoms with Crippen molar-refractivity contribution in [3.8, 4) is 5.75 Å². The van der Waals surface area contributed by atoms with Crippen molar-refractivity contribution in [2.75, 3.05) is 26.2 Å². The number of benzene rings is 3. The van der Waals surface area contributed by atoms with Crippen LogP contribution in [0.3, 0.4) is 0 Å². The normalized spacial score (nSPS) is 14.8. The zero-order valence-corrected chi connectivity index (χ0v) is 18.9. The number of sulfonamides is 1. The Morgan fingerprint density at radius 2 is 1.56 bits per heavy atom. The molecule has 1 aliphatic rings. The molecule has 8 heteroatoms. The average molecular weight is 471 g/mol. The fourth-order valence-corrected chi connectivity index (χ4v) is 5.18. The van der Waals surface area contributed by atoms with E-state index >= 15 is 0 Å². The minimum atomic E-state index is -3.56. The Morgan fingerprint density at radius 3 is 2.28 bits per heavy atom. The first-order valence-electron chi connectivity index (χ1n) is 10.3. The Hall–Kier alpha value is -2.87. The van der Waals surface area contributed by atoms with Crippen molar-refractivity contribution in [3.63, 3.8) is 0 Å². The van der Waals surface area contributed by atoms with Crippen molar-refractivity contribution in [1.82, 2.24) is 9.21 Å². The first-order chi connectivity index (χ1) is 15.4. The number of hydrogen-bond acceptors (Lipinski definition) is 4. The largest absolute Gasteiger partial charge is 0.489 e. The number of amides is 1. The van der Waals surface area contributed by atoms with Crippen molar-refractivity contribution < 1.29 is 17.9 Å². The van der Waals surface area contributed by atoms with E-state index in [1.807, 2.05) is 18.2 Å². The molecule has 0 unspecified atom stereocenters. The summed E-state index contributed by atoms with van der Waals surface area (Å²) in [5.41, 5.74) is 1.36. The molecule has 6 nitrogen and oxygen atoms in total. The number of rotatable bonds is 6. The highest BCUT2D eigenvalue weighted by Gasteiger charge is 2.30. The van der Waals surface area contributed by atoms with Crippen LogP contribution in [0.1, 0.15) is 15.9 Å². The van der Waals surface area contributed by atoms with Crippen LogP contribution in [0.2, 0.25) is 5.02 Å². The van der Waals surface area contributed by atoms with Gasteiger partial charge in [-0.15, -0.1) is 0 Å². The van der Waals surface area contributed by atoms with Crippen molar-refractivity contribution >= 4 is 27.5 Å². The number of carbonyl (C=O) groups is 1. The fraction of sp³-hybridized carbons (Fsp3) is 0.208. The van der Waals surface area contributed by atoms with Crippen LogP contribution in [0.25, 0.3) is 0 Å². The van der Waals surface area contributed by atoms with E-state index in [-0.39, 0.29) is 23.9 Å². The van der Waals surface area contributed by atoms with Gasteiger partial charge in [-0.05, 0) is 36.4 Å². The Bertz CT molecular complexity index is 1190. The fourth-order valence-electron chi connectivity index (χ4n) is 3.55. The third kappa shape index (κ3) is 4.96. The summed E-state index contributed by atoms with van der Waals surface area (Å²) in [5.74, 6) is 0.422. The van der Waals surface area contributed by atoms with Crippen LogP contribution >= 0.6 is 11.6 Å². The number of halogens is 1. The van der Waals surface area contributed by atoms with Gasteiger partial charge in [0.1, 0.15) is 12.4 Å². The maximum absolute atomic E-state index is 13.0. The lowest BCUT2D eigenvalue weighted by atomic mass is 10.1. The van der Waals surface area contributed by atoms with Crippen LogP contribution in [-0.4, -0.2) is 49.7 Å². The quantitative estimate of drug-likeness (QED) is 0.544. The van der Waals surface area contributed by atoms with Crippen molar-refractivity contribution in [2.45, 2.75) is 11.5 Å². The van der Waals surface area contributed by atoms with Gasteiger partial charge in [0, 0.05) is 42.3 Å². The highest BCUT2D eigenvalue weighted by Crippen LogP contribution is 2.22. The van der Waals surface area contributed by atoms with E-state index in [1.165, 1.54) is 4.31 Å². The number of carbonyl (C=O) groups excluding carboxylic acids is 1. The van der Waals surface area contributed by atoms with E-state index in [0.29, 0.717) is 36.0 Å². The predicted octanol–water partition coefficient (Wildman–Crippen LogP) is 4.07. The number of hydrogen-bond donors (Lipinski definition) is 0. The third-order valence-corrected chi connectivity index (χ3v) is 7.62. The van der Waals surface area contributed by atoms with Gasteiger partial charge in [-0.1, -0.05) is 54.1 Å². The van der Waals surface area contributed by atoms with E-state index in [4.69, 9.17) is 16.3 Å². The molecular weight excluding hydrogens is 448 g/mol. The summed E-state index contributed by atoms with van der Waals surface area (Å²) in [4.78, 5) is 14.9. The smallest absolute Gasteiger partial charge is 0.254 e. The van der Waals surface area contributed by atoms with Gasteiger partial charge in [0.2, 0.25) is 10.0 Å². The minimum absolute atomic E-state index is 0.148. The molecule has 0 saturated carbocycles. The standard InChI is InChI=1S/C24H23ClN2O4S/c25-23-12-5-4-7-20(23)18-31-21-9-6-8-19(17-21)24(28)26-13-15-27(16-14-26)32(29,30)22-10-2-1-3-11-22/h1-12,17H,13-16,18H2. The van der Waals surface area contributed by atoms with Gasteiger partial charge in [0.15, 0.2) is 0 Å². The molecule has 3 aromatic carbocycles. The lowest BCUT2D eigenvalue weighted by Gasteiger charge is -2.34. The van der Waals surface area contributed by atoms with E-state index in [9.17, 15) is 13.2 Å². The second-order valence-electron chi connectivity index (χ2n) is 7.42. The molecule has 0 spiro atoms. The van der Waals surface area contributed by atoms with Crippen molar-refractivity contribution in [2.24, 2.45) is 0 Å². The summed E-state index contributed by atoms with van der Waals surface area (Å²) < 4.78 is 32.8. The van der Waals surface area contributed by atoms with Crippen molar-refractivity contribution in [3.05, 3.63) is 95.0 Å². The maximum Gasteiger partial charge on any atom is 0.254 e. The molecule has 32 heavy (non-hydrogen) atoms. The van der Waals surface area contributed by atoms with Crippen LogP contribution in [0.5, 0.6) is 5.75 Å². The van der Waals surface area contributed by atoms with E-state index < -0.39 is 10.0 Å². The lowest BCUT2D eigenvalue weighted by Crippen LogP contribution is -2.50. The molecule has 0 atom stereocenters. The van der Waals surface area contributed by atoms with Gasteiger partial charge in [0.05, 0.1) is 4.90 Å². The molecule has 1 saturated heterocycles. The summed E-state index contributed by atoms with van der Waals surface area (Å²) in [6, 6.07) is 22.8. The van der Waals surface area contributed by atoms with E-state index in [2.05, 4.69) is 0 Å². The van der Waals surface area contributed by atoms with Gasteiger partial charge in [-0.3, -0.25) is 4.79 Å². The summed E-state index contributed by atoms with van der Waals surface area (Å²) in [6.07, 6.45) is 0. The van der Waals surface area contributed by atoms with Gasteiger partial charge in [-0.25, -0.2) is 8.42 Å². The SMILES string of the molecule is O=C(c1cccc(OCc2ccccc2Cl)c1)N1CCN(S(=O)(=O)c2ccccc2)CC1. The third-order valence-electron chi connectivity index (χ3n) is 5.34. The molecule has 0 aliphatic carbocycles. The Kier molecular flexibility index (Phi) is 6.79. The molecule has 0 N–H and O–H groups in total. The minimum Gasteiger partial charge on any atom is -0.489 e. The second kappa shape index (κ2) is 9.73. The summed E-state index contributed by atoms with van der Waals surface area (Å²) in [6.45, 7) is 1.47. The molecule has 0 bridgehead atoms. The molecule has 1 amide bonds. The molecule has 4 rings (SSSR count). The first kappa shape index (κ1) is 22.3. The van der Waals surface area contributed by atoms with Crippen LogP contribution in [0.15, 0.2) is 83.8 Å². The molecule has 166 valence electrons. The summed E-state index contributed by atoms with van der Waals surface area (Å²) in [7, 11) is -3.56. The molecular formula is C24H23ClN2O4S. The van der Waals surface area contributed by atoms with Crippen LogP contribution in [-0.2, 0) is 16.6 Å². The number of nitrogens with zero attached hydrogens (tertiary/aromatic N) is 2. The van der Waals surface area contributed by atoms with Gasteiger partial charge >= 0.3 is 0 Å². The predicted molar refractivity (Wildman–Crippen MR) is 123 cm³/mol. The zero-order chi connectivity index (χ0) is 22.6. The summed E-state index contributed by atoms with van der Waals surface area (Å²) in [5, 5.41) is 0.628. The average Bonchev–Trinajstić information content (AvgIpc) is 2.84. The Morgan fingerprint density at radius 1 is 0.875 bits per heavy atom.